The predicted molar refractivity (Wildman–Crippen MR) is 135 cm³/mol. The average Bonchev–Trinajstić information content (AvgIpc) is 2.76. The zero-order valence-corrected chi connectivity index (χ0v) is 21.1. The summed E-state index contributed by atoms with van der Waals surface area (Å²) in [6.07, 6.45) is 1.03. The van der Waals surface area contributed by atoms with Gasteiger partial charge in [-0.15, -0.1) is 0 Å². The molecule has 1 atom stereocenters. The van der Waals surface area contributed by atoms with Gasteiger partial charge in [-0.1, -0.05) is 41.4 Å². The number of aryl methyl sites for hydroxylation is 1. The Morgan fingerprint density at radius 3 is 2.06 bits per heavy atom. The number of nitrogens with one attached hydrogen (secondary N) is 2. The summed E-state index contributed by atoms with van der Waals surface area (Å²) in [5.41, 5.74) is 1.87. The van der Waals surface area contributed by atoms with Crippen LogP contribution in [0.15, 0.2) is 77.7 Å². The number of anilines is 3. The number of amides is 1. The maximum Gasteiger partial charge on any atom is 0.261 e. The van der Waals surface area contributed by atoms with E-state index >= 15 is 0 Å². The van der Waals surface area contributed by atoms with Gasteiger partial charge in [0, 0.05) is 5.69 Å². The first kappa shape index (κ1) is 25.5. The lowest BCUT2D eigenvalue weighted by Gasteiger charge is -2.28. The van der Waals surface area contributed by atoms with Crippen LogP contribution < -0.4 is 14.3 Å². The maximum atomic E-state index is 12.8. The van der Waals surface area contributed by atoms with Gasteiger partial charge in [-0.3, -0.25) is 13.8 Å². The third-order valence-electron chi connectivity index (χ3n) is 4.93. The summed E-state index contributed by atoms with van der Waals surface area (Å²) in [6, 6.07) is 17.7. The molecule has 0 saturated heterocycles. The zero-order valence-electron chi connectivity index (χ0n) is 18.7. The van der Waals surface area contributed by atoms with Crippen molar-refractivity contribution < 1.29 is 21.6 Å². The van der Waals surface area contributed by atoms with Gasteiger partial charge < -0.3 is 5.32 Å². The van der Waals surface area contributed by atoms with Crippen LogP contribution in [0, 0.1) is 6.92 Å². The summed E-state index contributed by atoms with van der Waals surface area (Å²) < 4.78 is 53.6. The minimum atomic E-state index is -3.90. The summed E-state index contributed by atoms with van der Waals surface area (Å²) in [7, 11) is -7.66. The van der Waals surface area contributed by atoms with Crippen LogP contribution >= 0.6 is 11.6 Å². The molecule has 2 N–H and O–H groups in total. The van der Waals surface area contributed by atoms with Crippen LogP contribution in [-0.2, 0) is 24.8 Å². The van der Waals surface area contributed by atoms with Crippen molar-refractivity contribution in [3.63, 3.8) is 0 Å². The lowest BCUT2D eigenvalue weighted by Crippen LogP contribution is -2.45. The van der Waals surface area contributed by atoms with Gasteiger partial charge in [-0.2, -0.15) is 0 Å². The minimum Gasteiger partial charge on any atom is -0.324 e. The van der Waals surface area contributed by atoms with Crippen molar-refractivity contribution in [2.24, 2.45) is 0 Å². The molecule has 0 aliphatic heterocycles. The first-order valence-electron chi connectivity index (χ1n) is 10.1. The van der Waals surface area contributed by atoms with E-state index in [1.54, 1.807) is 42.5 Å². The van der Waals surface area contributed by atoms with Crippen molar-refractivity contribution in [3.05, 3.63) is 83.4 Å². The number of hydrogen-bond acceptors (Lipinski definition) is 5. The molecule has 34 heavy (non-hydrogen) atoms. The molecule has 0 spiro atoms. The second-order valence-electron chi connectivity index (χ2n) is 7.67. The third-order valence-corrected chi connectivity index (χ3v) is 7.88. The standard InChI is InChI=1S/C23H24ClN3O5S2/c1-16-8-12-19(13-9-16)27(33(3,29)30)17(2)23(28)25-18-10-14-20(15-11-18)34(31,32)26-22-7-5-4-6-21(22)24/h4-15,17,26H,1-3H3,(H,25,28)/t17-/m0/s1. The van der Waals surface area contributed by atoms with Gasteiger partial charge in [-0.25, -0.2) is 16.8 Å². The summed E-state index contributed by atoms with van der Waals surface area (Å²) in [5.74, 6) is -0.573. The molecule has 0 radical (unpaired) electrons. The van der Waals surface area contributed by atoms with Crippen LogP contribution in [0.1, 0.15) is 12.5 Å². The van der Waals surface area contributed by atoms with Crippen LogP contribution in [0.4, 0.5) is 17.1 Å². The van der Waals surface area contributed by atoms with E-state index in [0.717, 1.165) is 16.1 Å². The molecular formula is C23H24ClN3O5S2. The largest absolute Gasteiger partial charge is 0.324 e. The summed E-state index contributed by atoms with van der Waals surface area (Å²) in [4.78, 5) is 12.8. The van der Waals surface area contributed by atoms with Crippen molar-refractivity contribution in [2.75, 3.05) is 20.6 Å². The smallest absolute Gasteiger partial charge is 0.261 e. The normalized spacial score (nSPS) is 12.6. The highest BCUT2D eigenvalue weighted by Crippen LogP contribution is 2.25. The molecule has 3 aromatic carbocycles. The van der Waals surface area contributed by atoms with Gasteiger partial charge in [0.25, 0.3) is 10.0 Å². The Morgan fingerprint density at radius 2 is 1.50 bits per heavy atom. The van der Waals surface area contributed by atoms with Gasteiger partial charge in [0.1, 0.15) is 6.04 Å². The fourth-order valence-corrected chi connectivity index (χ4v) is 5.71. The van der Waals surface area contributed by atoms with Crippen LogP contribution in [-0.4, -0.2) is 35.0 Å². The van der Waals surface area contributed by atoms with Crippen molar-refractivity contribution in [1.29, 1.82) is 0 Å². The first-order chi connectivity index (χ1) is 15.9. The van der Waals surface area contributed by atoms with E-state index in [0.29, 0.717) is 11.4 Å². The Balaban J connectivity index is 1.77. The van der Waals surface area contributed by atoms with Crippen LogP contribution in [0.2, 0.25) is 5.02 Å². The highest BCUT2D eigenvalue weighted by atomic mass is 35.5. The maximum absolute atomic E-state index is 12.8. The van der Waals surface area contributed by atoms with Gasteiger partial charge in [0.15, 0.2) is 0 Å². The fraction of sp³-hybridized carbons (Fsp3) is 0.174. The lowest BCUT2D eigenvalue weighted by molar-refractivity contribution is -0.116. The van der Waals surface area contributed by atoms with E-state index in [4.69, 9.17) is 11.6 Å². The second kappa shape index (κ2) is 10.0. The van der Waals surface area contributed by atoms with E-state index in [2.05, 4.69) is 10.0 Å². The quantitative estimate of drug-likeness (QED) is 0.460. The summed E-state index contributed by atoms with van der Waals surface area (Å²) in [5, 5.41) is 2.89. The molecule has 0 aliphatic carbocycles. The highest BCUT2D eigenvalue weighted by molar-refractivity contribution is 7.92. The molecule has 0 unspecified atom stereocenters. The molecule has 3 aromatic rings. The number of carbonyl (C=O) groups excluding carboxylic acids is 1. The first-order valence-corrected chi connectivity index (χ1v) is 13.8. The molecule has 8 nitrogen and oxygen atoms in total. The van der Waals surface area contributed by atoms with E-state index in [9.17, 15) is 21.6 Å². The molecule has 3 rings (SSSR count). The van der Waals surface area contributed by atoms with Crippen molar-refractivity contribution in [1.82, 2.24) is 0 Å². The number of hydrogen-bond donors (Lipinski definition) is 2. The summed E-state index contributed by atoms with van der Waals surface area (Å²) in [6.45, 7) is 3.35. The third kappa shape index (κ3) is 6.07. The highest BCUT2D eigenvalue weighted by Gasteiger charge is 2.29. The Labute approximate surface area is 204 Å². The molecule has 180 valence electrons. The van der Waals surface area contributed by atoms with Crippen LogP contribution in [0.3, 0.4) is 0 Å². The van der Waals surface area contributed by atoms with E-state index in [1.165, 1.54) is 37.3 Å². The molecule has 0 heterocycles. The number of halogens is 1. The number of benzene rings is 3. The predicted octanol–water partition coefficient (Wildman–Crippen LogP) is 4.24. The Bertz CT molecular complexity index is 1390. The average molecular weight is 522 g/mol. The number of para-hydroxylation sites is 1. The Hall–Kier alpha value is -3.08. The van der Waals surface area contributed by atoms with Gasteiger partial charge >= 0.3 is 0 Å². The van der Waals surface area contributed by atoms with Crippen LogP contribution in [0.5, 0.6) is 0 Å². The number of carbonyl (C=O) groups is 1. The molecule has 0 bridgehead atoms. The van der Waals surface area contributed by atoms with Gasteiger partial charge in [0.2, 0.25) is 15.9 Å². The van der Waals surface area contributed by atoms with Crippen molar-refractivity contribution in [2.45, 2.75) is 24.8 Å². The number of sulfonamides is 2. The van der Waals surface area contributed by atoms with Gasteiger partial charge in [0.05, 0.1) is 27.5 Å². The number of nitrogens with zero attached hydrogens (tertiary/aromatic N) is 1. The topological polar surface area (TPSA) is 113 Å². The molecule has 1 amide bonds. The minimum absolute atomic E-state index is 0.0316. The van der Waals surface area contributed by atoms with Crippen LogP contribution in [0.25, 0.3) is 0 Å². The fourth-order valence-electron chi connectivity index (χ4n) is 3.21. The molecule has 0 aromatic heterocycles. The van der Waals surface area contributed by atoms with E-state index in [-0.39, 0.29) is 15.6 Å². The van der Waals surface area contributed by atoms with E-state index in [1.807, 2.05) is 6.92 Å². The molecule has 0 fully saturated rings. The Kier molecular flexibility index (Phi) is 7.54. The lowest BCUT2D eigenvalue weighted by atomic mass is 10.2. The monoisotopic (exact) mass is 521 g/mol. The number of rotatable bonds is 8. The molecule has 0 saturated carbocycles. The Morgan fingerprint density at radius 1 is 0.912 bits per heavy atom. The SMILES string of the molecule is Cc1ccc(N([C@@H](C)C(=O)Nc2ccc(S(=O)(=O)Nc3ccccc3Cl)cc2)S(C)(=O)=O)cc1. The second-order valence-corrected chi connectivity index (χ2v) is 11.6. The van der Waals surface area contributed by atoms with E-state index < -0.39 is 32.0 Å². The van der Waals surface area contributed by atoms with Crippen molar-refractivity contribution >= 4 is 54.6 Å². The summed E-state index contributed by atoms with van der Waals surface area (Å²) >= 11 is 6.02. The van der Waals surface area contributed by atoms with Gasteiger partial charge in [-0.05, 0) is 62.4 Å². The van der Waals surface area contributed by atoms with Crippen molar-refractivity contribution in [3.8, 4) is 0 Å². The molecular weight excluding hydrogens is 498 g/mol. The molecule has 11 heteroatoms. The molecule has 0 aliphatic rings. The zero-order chi connectivity index (χ0) is 25.1.